The zero-order valence-corrected chi connectivity index (χ0v) is 10.3. The Hall–Kier alpha value is -0.740. The number of rotatable bonds is 3. The third kappa shape index (κ3) is 4.21. The Labute approximate surface area is 100.0 Å². The van der Waals surface area contributed by atoms with E-state index < -0.39 is 12.1 Å². The maximum atomic E-state index is 12.4. The maximum Gasteiger partial charge on any atom is 0.391 e. The fourth-order valence-electron chi connectivity index (χ4n) is 2.15. The van der Waals surface area contributed by atoms with Crippen LogP contribution in [0.1, 0.15) is 46.0 Å². The van der Waals surface area contributed by atoms with Crippen molar-refractivity contribution >= 4 is 5.91 Å². The van der Waals surface area contributed by atoms with Gasteiger partial charge in [0.1, 0.15) is 0 Å². The quantitative estimate of drug-likeness (QED) is 0.819. The number of hydrogen-bond donors (Lipinski definition) is 1. The smallest absolute Gasteiger partial charge is 0.353 e. The predicted octanol–water partition coefficient (Wildman–Crippen LogP) is 3.27. The number of alkyl halides is 3. The topological polar surface area (TPSA) is 29.1 Å². The van der Waals surface area contributed by atoms with Crippen LogP contribution in [0, 0.1) is 11.8 Å². The van der Waals surface area contributed by atoms with Crippen LogP contribution in [0.25, 0.3) is 0 Å². The molecule has 1 aliphatic rings. The molecular formula is C12H20F3NO. The normalized spacial score (nSPS) is 27.6. The van der Waals surface area contributed by atoms with E-state index in [4.69, 9.17) is 0 Å². The fourth-order valence-corrected chi connectivity index (χ4v) is 2.15. The van der Waals surface area contributed by atoms with Gasteiger partial charge >= 0.3 is 6.18 Å². The van der Waals surface area contributed by atoms with Crippen LogP contribution >= 0.6 is 0 Å². The first-order chi connectivity index (χ1) is 7.84. The van der Waals surface area contributed by atoms with Crippen LogP contribution in [0.3, 0.4) is 0 Å². The lowest BCUT2D eigenvalue weighted by Gasteiger charge is -2.29. The number of hydrogen-bond acceptors (Lipinski definition) is 1. The van der Waals surface area contributed by atoms with Crippen molar-refractivity contribution in [3.05, 3.63) is 0 Å². The van der Waals surface area contributed by atoms with Crippen molar-refractivity contribution in [3.63, 3.8) is 0 Å². The molecule has 2 nitrogen and oxygen atoms in total. The summed E-state index contributed by atoms with van der Waals surface area (Å²) in [5.41, 5.74) is 0. The van der Waals surface area contributed by atoms with Crippen LogP contribution in [0.4, 0.5) is 13.2 Å². The molecule has 0 aromatic heterocycles. The lowest BCUT2D eigenvalue weighted by Crippen LogP contribution is -2.39. The van der Waals surface area contributed by atoms with Crippen molar-refractivity contribution < 1.29 is 18.0 Å². The molecule has 1 fully saturated rings. The molecule has 0 bridgehead atoms. The first-order valence-corrected chi connectivity index (χ1v) is 6.21. The van der Waals surface area contributed by atoms with E-state index in [9.17, 15) is 18.0 Å². The van der Waals surface area contributed by atoms with Gasteiger partial charge in [-0.3, -0.25) is 4.79 Å². The van der Waals surface area contributed by atoms with E-state index in [0.717, 1.165) is 6.42 Å². The van der Waals surface area contributed by atoms with Gasteiger partial charge < -0.3 is 5.32 Å². The summed E-state index contributed by atoms with van der Waals surface area (Å²) in [4.78, 5) is 11.7. The minimum atomic E-state index is -4.10. The maximum absolute atomic E-state index is 12.4. The summed E-state index contributed by atoms with van der Waals surface area (Å²) in [7, 11) is 0. The van der Waals surface area contributed by atoms with Gasteiger partial charge in [-0.1, -0.05) is 6.92 Å². The average molecular weight is 251 g/mol. The van der Waals surface area contributed by atoms with Crippen molar-refractivity contribution in [2.75, 3.05) is 0 Å². The molecule has 1 atom stereocenters. The molecule has 1 amide bonds. The highest BCUT2D eigenvalue weighted by atomic mass is 19.4. The van der Waals surface area contributed by atoms with Crippen LogP contribution in [0.2, 0.25) is 0 Å². The highest BCUT2D eigenvalue weighted by Crippen LogP contribution is 2.39. The predicted molar refractivity (Wildman–Crippen MR) is 59.4 cm³/mol. The van der Waals surface area contributed by atoms with E-state index in [-0.39, 0.29) is 30.7 Å². The van der Waals surface area contributed by atoms with E-state index >= 15 is 0 Å². The molecule has 0 saturated heterocycles. The summed E-state index contributed by atoms with van der Waals surface area (Å²) in [6, 6.07) is 0.0999. The zero-order valence-electron chi connectivity index (χ0n) is 10.3. The molecule has 0 radical (unpaired) electrons. The first-order valence-electron chi connectivity index (χ1n) is 6.21. The number of halogens is 3. The van der Waals surface area contributed by atoms with E-state index in [0.29, 0.717) is 12.8 Å². The Kier molecular flexibility index (Phi) is 4.83. The van der Waals surface area contributed by atoms with Gasteiger partial charge in [0.15, 0.2) is 0 Å². The Balaban J connectivity index is 2.39. The molecule has 1 aliphatic carbocycles. The van der Waals surface area contributed by atoms with Gasteiger partial charge in [0.2, 0.25) is 5.91 Å². The van der Waals surface area contributed by atoms with Crippen molar-refractivity contribution in [1.82, 2.24) is 5.32 Å². The van der Waals surface area contributed by atoms with Gasteiger partial charge in [-0.25, -0.2) is 0 Å². The molecule has 17 heavy (non-hydrogen) atoms. The largest absolute Gasteiger partial charge is 0.391 e. The van der Waals surface area contributed by atoms with Crippen LogP contribution in [-0.2, 0) is 4.79 Å². The average Bonchev–Trinajstić information content (AvgIpc) is 2.27. The third-order valence-electron chi connectivity index (χ3n) is 3.56. The molecule has 1 rings (SSSR count). The van der Waals surface area contributed by atoms with Gasteiger partial charge in [-0.2, -0.15) is 13.2 Å². The lowest BCUT2D eigenvalue weighted by molar-refractivity contribution is -0.184. The van der Waals surface area contributed by atoms with Gasteiger partial charge in [-0.05, 0) is 39.0 Å². The summed E-state index contributed by atoms with van der Waals surface area (Å²) >= 11 is 0. The van der Waals surface area contributed by atoms with Gasteiger partial charge in [-0.15, -0.1) is 0 Å². The molecule has 0 spiro atoms. The molecule has 5 heteroatoms. The molecule has 0 heterocycles. The standard InChI is InChI=1S/C12H20F3NO/c1-3-8(2)16-11(17)9-4-6-10(7-5-9)12(13,14)15/h8-10H,3-7H2,1-2H3,(H,16,17). The summed E-state index contributed by atoms with van der Waals surface area (Å²) in [5.74, 6) is -1.53. The summed E-state index contributed by atoms with van der Waals surface area (Å²) in [6.07, 6.45) is -2.38. The van der Waals surface area contributed by atoms with E-state index in [1.807, 2.05) is 13.8 Å². The molecule has 0 aromatic rings. The molecular weight excluding hydrogens is 231 g/mol. The van der Waals surface area contributed by atoms with E-state index in [2.05, 4.69) is 5.32 Å². The number of amides is 1. The van der Waals surface area contributed by atoms with Crippen molar-refractivity contribution in [3.8, 4) is 0 Å². The lowest BCUT2D eigenvalue weighted by atomic mass is 9.81. The second-order valence-electron chi connectivity index (χ2n) is 4.91. The SMILES string of the molecule is CCC(C)NC(=O)C1CCC(C(F)(F)F)CC1. The summed E-state index contributed by atoms with van der Waals surface area (Å²) < 4.78 is 37.3. The van der Waals surface area contributed by atoms with Crippen molar-refractivity contribution in [1.29, 1.82) is 0 Å². The van der Waals surface area contributed by atoms with Crippen LogP contribution < -0.4 is 5.32 Å². The van der Waals surface area contributed by atoms with Crippen molar-refractivity contribution in [2.24, 2.45) is 11.8 Å². The van der Waals surface area contributed by atoms with Crippen LogP contribution in [-0.4, -0.2) is 18.1 Å². The highest BCUT2D eigenvalue weighted by Gasteiger charge is 2.42. The Morgan fingerprint density at radius 3 is 2.24 bits per heavy atom. The summed E-state index contributed by atoms with van der Waals surface area (Å²) in [6.45, 7) is 3.87. The van der Waals surface area contributed by atoms with Gasteiger partial charge in [0, 0.05) is 12.0 Å². The second-order valence-corrected chi connectivity index (χ2v) is 4.91. The van der Waals surface area contributed by atoms with E-state index in [1.54, 1.807) is 0 Å². The third-order valence-corrected chi connectivity index (χ3v) is 3.56. The van der Waals surface area contributed by atoms with E-state index in [1.165, 1.54) is 0 Å². The summed E-state index contributed by atoms with van der Waals surface area (Å²) in [5, 5.41) is 2.83. The molecule has 1 unspecified atom stereocenters. The number of nitrogens with one attached hydrogen (secondary N) is 1. The van der Waals surface area contributed by atoms with Gasteiger partial charge in [0.05, 0.1) is 5.92 Å². The monoisotopic (exact) mass is 251 g/mol. The Bertz CT molecular complexity index is 257. The number of carbonyl (C=O) groups excluding carboxylic acids is 1. The van der Waals surface area contributed by atoms with Crippen LogP contribution in [0.15, 0.2) is 0 Å². The number of carbonyl (C=O) groups is 1. The first kappa shape index (κ1) is 14.3. The highest BCUT2D eigenvalue weighted by molar-refractivity contribution is 5.78. The second kappa shape index (κ2) is 5.74. The zero-order chi connectivity index (χ0) is 13.1. The minimum Gasteiger partial charge on any atom is -0.353 e. The molecule has 0 aromatic carbocycles. The Morgan fingerprint density at radius 1 is 1.29 bits per heavy atom. The molecule has 1 saturated carbocycles. The molecule has 100 valence electrons. The fraction of sp³-hybridized carbons (Fsp3) is 0.917. The molecule has 0 aliphatic heterocycles. The molecule has 1 N–H and O–H groups in total. The minimum absolute atomic E-state index is 0.0834. The van der Waals surface area contributed by atoms with Crippen LogP contribution in [0.5, 0.6) is 0 Å². The Morgan fingerprint density at radius 2 is 1.82 bits per heavy atom. The van der Waals surface area contributed by atoms with Crippen molar-refractivity contribution in [2.45, 2.75) is 58.2 Å². The van der Waals surface area contributed by atoms with Gasteiger partial charge in [0.25, 0.3) is 0 Å².